The summed E-state index contributed by atoms with van der Waals surface area (Å²) in [7, 11) is 0. The molecule has 1 saturated heterocycles. The Hall–Kier alpha value is -1.30. The van der Waals surface area contributed by atoms with E-state index in [-0.39, 0.29) is 10.4 Å². The van der Waals surface area contributed by atoms with E-state index in [0.717, 1.165) is 36.9 Å². The molecule has 2 aromatic rings. The summed E-state index contributed by atoms with van der Waals surface area (Å²) in [4.78, 5) is 8.48. The molecule has 1 aromatic heterocycles. The fourth-order valence-corrected chi connectivity index (χ4v) is 2.84. The van der Waals surface area contributed by atoms with E-state index in [4.69, 9.17) is 34.8 Å². The standard InChI is InChI=1S/C13H12Cl3N5/c14-9-2-1-3-10(8-9)20-4-6-21(7-5-20)12-11(15)18-19-13(16)17-12/h1-3,8H,4-7H2. The number of hydrogen-bond donors (Lipinski definition) is 0. The van der Waals surface area contributed by atoms with Gasteiger partial charge in [-0.25, -0.2) is 0 Å². The monoisotopic (exact) mass is 343 g/mol. The Kier molecular flexibility index (Phi) is 4.33. The van der Waals surface area contributed by atoms with Gasteiger partial charge in [0.1, 0.15) is 0 Å². The highest BCUT2D eigenvalue weighted by atomic mass is 35.5. The molecule has 0 amide bonds. The number of halogens is 3. The van der Waals surface area contributed by atoms with Crippen LogP contribution in [0.4, 0.5) is 11.5 Å². The Balaban J connectivity index is 1.72. The zero-order valence-corrected chi connectivity index (χ0v) is 13.3. The predicted molar refractivity (Wildman–Crippen MR) is 85.7 cm³/mol. The van der Waals surface area contributed by atoms with E-state index in [1.165, 1.54) is 0 Å². The average Bonchev–Trinajstić information content (AvgIpc) is 2.50. The minimum atomic E-state index is 0.103. The minimum absolute atomic E-state index is 0.103. The molecule has 0 unspecified atom stereocenters. The topological polar surface area (TPSA) is 45.2 Å². The molecule has 0 saturated carbocycles. The molecule has 0 bridgehead atoms. The summed E-state index contributed by atoms with van der Waals surface area (Å²) in [5.41, 5.74) is 1.12. The molecule has 0 spiro atoms. The Bertz CT molecular complexity index is 643. The second-order valence-electron chi connectivity index (χ2n) is 4.65. The molecule has 3 rings (SSSR count). The Morgan fingerprint density at radius 2 is 1.62 bits per heavy atom. The summed E-state index contributed by atoms with van der Waals surface area (Å²) < 4.78 is 0. The molecular formula is C13H12Cl3N5. The molecule has 1 fully saturated rings. The van der Waals surface area contributed by atoms with Gasteiger partial charge in [-0.05, 0) is 29.8 Å². The van der Waals surface area contributed by atoms with Gasteiger partial charge in [-0.15, -0.1) is 10.2 Å². The van der Waals surface area contributed by atoms with Crippen LogP contribution in [0.5, 0.6) is 0 Å². The smallest absolute Gasteiger partial charge is 0.245 e. The Morgan fingerprint density at radius 1 is 0.905 bits per heavy atom. The second kappa shape index (κ2) is 6.22. The van der Waals surface area contributed by atoms with Crippen molar-refractivity contribution in [3.8, 4) is 0 Å². The van der Waals surface area contributed by atoms with Crippen molar-refractivity contribution < 1.29 is 0 Å². The van der Waals surface area contributed by atoms with Gasteiger partial charge < -0.3 is 9.80 Å². The first-order chi connectivity index (χ1) is 10.1. The molecule has 110 valence electrons. The van der Waals surface area contributed by atoms with Crippen LogP contribution in [0.3, 0.4) is 0 Å². The SMILES string of the molecule is Clc1cccc(N2CCN(c3nc(Cl)nnc3Cl)CC2)c1. The first-order valence-electron chi connectivity index (χ1n) is 6.44. The Morgan fingerprint density at radius 3 is 2.33 bits per heavy atom. The van der Waals surface area contributed by atoms with Crippen LogP contribution in [0.25, 0.3) is 0 Å². The van der Waals surface area contributed by atoms with E-state index in [1.54, 1.807) is 0 Å². The van der Waals surface area contributed by atoms with Crippen LogP contribution in [-0.2, 0) is 0 Å². The average molecular weight is 345 g/mol. The summed E-state index contributed by atoms with van der Waals surface area (Å²) in [6, 6.07) is 7.84. The van der Waals surface area contributed by atoms with Crippen molar-refractivity contribution in [1.29, 1.82) is 0 Å². The number of aromatic nitrogens is 3. The lowest BCUT2D eigenvalue weighted by Crippen LogP contribution is -2.47. The van der Waals surface area contributed by atoms with Gasteiger partial charge >= 0.3 is 0 Å². The molecule has 2 heterocycles. The number of hydrogen-bond acceptors (Lipinski definition) is 5. The summed E-state index contributed by atoms with van der Waals surface area (Å²) >= 11 is 17.9. The normalized spacial score (nSPS) is 15.4. The molecule has 0 radical (unpaired) electrons. The van der Waals surface area contributed by atoms with Crippen molar-refractivity contribution in [2.45, 2.75) is 0 Å². The van der Waals surface area contributed by atoms with E-state index in [1.807, 2.05) is 18.2 Å². The van der Waals surface area contributed by atoms with Crippen LogP contribution in [-0.4, -0.2) is 41.4 Å². The molecule has 0 N–H and O–H groups in total. The first-order valence-corrected chi connectivity index (χ1v) is 7.58. The molecule has 1 aliphatic rings. The second-order valence-corrected chi connectivity index (χ2v) is 5.78. The van der Waals surface area contributed by atoms with Crippen LogP contribution in [0, 0.1) is 0 Å². The predicted octanol–water partition coefficient (Wildman–Crippen LogP) is 3.16. The fourth-order valence-electron chi connectivity index (χ4n) is 2.34. The maximum absolute atomic E-state index is 6.04. The number of nitrogens with zero attached hydrogens (tertiary/aromatic N) is 5. The lowest BCUT2D eigenvalue weighted by atomic mass is 10.2. The van der Waals surface area contributed by atoms with Gasteiger partial charge in [0.15, 0.2) is 11.0 Å². The first kappa shape index (κ1) is 14.6. The van der Waals surface area contributed by atoms with Crippen LogP contribution in [0.15, 0.2) is 24.3 Å². The van der Waals surface area contributed by atoms with Crippen molar-refractivity contribution in [3.05, 3.63) is 39.7 Å². The number of piperazine rings is 1. The van der Waals surface area contributed by atoms with E-state index >= 15 is 0 Å². The molecule has 0 aliphatic carbocycles. The largest absolute Gasteiger partial charge is 0.368 e. The van der Waals surface area contributed by atoms with E-state index in [9.17, 15) is 0 Å². The van der Waals surface area contributed by atoms with Gasteiger partial charge in [0.2, 0.25) is 5.28 Å². The zero-order chi connectivity index (χ0) is 14.8. The van der Waals surface area contributed by atoms with Gasteiger partial charge in [-0.2, -0.15) is 4.98 Å². The van der Waals surface area contributed by atoms with Crippen molar-refractivity contribution in [2.24, 2.45) is 0 Å². The van der Waals surface area contributed by atoms with Crippen molar-refractivity contribution in [1.82, 2.24) is 15.2 Å². The fraction of sp³-hybridized carbons (Fsp3) is 0.308. The summed E-state index contributed by atoms with van der Waals surface area (Å²) in [6.45, 7) is 3.25. The number of benzene rings is 1. The third-order valence-electron chi connectivity index (χ3n) is 3.36. The van der Waals surface area contributed by atoms with Crippen LogP contribution in [0.1, 0.15) is 0 Å². The van der Waals surface area contributed by atoms with Crippen molar-refractivity contribution >= 4 is 46.3 Å². The zero-order valence-electron chi connectivity index (χ0n) is 11.0. The molecule has 8 heteroatoms. The quantitative estimate of drug-likeness (QED) is 0.837. The lowest BCUT2D eigenvalue weighted by molar-refractivity contribution is 0.644. The molecular weight excluding hydrogens is 333 g/mol. The highest BCUT2D eigenvalue weighted by Gasteiger charge is 2.21. The Labute approximate surface area is 137 Å². The molecule has 1 aliphatic heterocycles. The summed E-state index contributed by atoms with van der Waals surface area (Å²) in [6.07, 6.45) is 0. The van der Waals surface area contributed by atoms with Gasteiger partial charge in [-0.1, -0.05) is 29.3 Å². The summed E-state index contributed by atoms with van der Waals surface area (Å²) in [5, 5.41) is 8.54. The maximum Gasteiger partial charge on any atom is 0.245 e. The third kappa shape index (κ3) is 3.31. The highest BCUT2D eigenvalue weighted by Crippen LogP contribution is 2.25. The third-order valence-corrected chi connectivity index (χ3v) is 4.00. The van der Waals surface area contributed by atoms with Crippen molar-refractivity contribution in [2.75, 3.05) is 36.0 Å². The summed E-state index contributed by atoms with van der Waals surface area (Å²) in [5.74, 6) is 0.586. The molecule has 21 heavy (non-hydrogen) atoms. The minimum Gasteiger partial charge on any atom is -0.368 e. The molecule has 5 nitrogen and oxygen atoms in total. The number of anilines is 2. The van der Waals surface area contributed by atoms with Crippen molar-refractivity contribution in [3.63, 3.8) is 0 Å². The lowest BCUT2D eigenvalue weighted by Gasteiger charge is -2.36. The highest BCUT2D eigenvalue weighted by molar-refractivity contribution is 6.32. The van der Waals surface area contributed by atoms with Gasteiger partial charge in [0.05, 0.1) is 0 Å². The van der Waals surface area contributed by atoms with E-state index in [0.29, 0.717) is 5.82 Å². The van der Waals surface area contributed by atoms with Crippen LogP contribution < -0.4 is 9.80 Å². The maximum atomic E-state index is 6.04. The molecule has 0 atom stereocenters. The van der Waals surface area contributed by atoms with Gasteiger partial charge in [-0.3, -0.25) is 0 Å². The number of rotatable bonds is 2. The van der Waals surface area contributed by atoms with E-state index in [2.05, 4.69) is 31.0 Å². The molecule has 1 aromatic carbocycles. The van der Waals surface area contributed by atoms with Gasteiger partial charge in [0.25, 0.3) is 0 Å². The van der Waals surface area contributed by atoms with E-state index < -0.39 is 0 Å². The van der Waals surface area contributed by atoms with Crippen LogP contribution in [0.2, 0.25) is 15.5 Å². The van der Waals surface area contributed by atoms with Crippen LogP contribution >= 0.6 is 34.8 Å². The van der Waals surface area contributed by atoms with Gasteiger partial charge in [0, 0.05) is 36.9 Å².